The van der Waals surface area contributed by atoms with Gasteiger partial charge in [0, 0.05) is 12.6 Å². The van der Waals surface area contributed by atoms with Crippen LogP contribution in [0.3, 0.4) is 0 Å². The molecule has 0 saturated heterocycles. The molecule has 1 atom stereocenters. The number of hydrogen-bond donors (Lipinski definition) is 1. The van der Waals surface area contributed by atoms with Gasteiger partial charge in [-0.25, -0.2) is 0 Å². The van der Waals surface area contributed by atoms with E-state index in [-0.39, 0.29) is 0 Å². The molecule has 0 aromatic heterocycles. The van der Waals surface area contributed by atoms with Crippen LogP contribution in [0.15, 0.2) is 36.4 Å². The van der Waals surface area contributed by atoms with Crippen molar-refractivity contribution in [3.8, 4) is 11.5 Å². The highest BCUT2D eigenvalue weighted by molar-refractivity contribution is 6.32. The quantitative estimate of drug-likeness (QED) is 0.873. The Morgan fingerprint density at radius 1 is 1.17 bits per heavy atom. The van der Waals surface area contributed by atoms with Gasteiger partial charge in [0.1, 0.15) is 0 Å². The van der Waals surface area contributed by atoms with Crippen LogP contribution in [0.4, 0.5) is 0 Å². The van der Waals surface area contributed by atoms with Gasteiger partial charge in [-0.15, -0.1) is 0 Å². The first-order chi connectivity index (χ1) is 11.2. The molecule has 2 aromatic rings. The van der Waals surface area contributed by atoms with Crippen molar-refractivity contribution in [2.24, 2.45) is 0 Å². The van der Waals surface area contributed by atoms with Gasteiger partial charge in [0.05, 0.1) is 19.2 Å². The molecule has 23 heavy (non-hydrogen) atoms. The Balaban J connectivity index is 1.76. The van der Waals surface area contributed by atoms with Crippen LogP contribution >= 0.6 is 11.6 Å². The SMILES string of the molecule is COc1cc(CNC2CCCc3ccccc32)cc(Cl)c1OC. The molecule has 1 aliphatic carbocycles. The Bertz CT molecular complexity index is 687. The van der Waals surface area contributed by atoms with Gasteiger partial charge in [-0.05, 0) is 48.1 Å². The molecule has 0 heterocycles. The molecule has 0 amide bonds. The van der Waals surface area contributed by atoms with E-state index >= 15 is 0 Å². The number of fused-ring (bicyclic) bond motifs is 1. The van der Waals surface area contributed by atoms with Crippen LogP contribution in [0.1, 0.15) is 35.6 Å². The number of hydrogen-bond acceptors (Lipinski definition) is 3. The van der Waals surface area contributed by atoms with Crippen molar-refractivity contribution in [3.63, 3.8) is 0 Å². The number of ether oxygens (including phenoxy) is 2. The van der Waals surface area contributed by atoms with Gasteiger partial charge in [-0.2, -0.15) is 0 Å². The highest BCUT2D eigenvalue weighted by atomic mass is 35.5. The fraction of sp³-hybridized carbons (Fsp3) is 0.368. The van der Waals surface area contributed by atoms with E-state index in [0.717, 1.165) is 18.5 Å². The van der Waals surface area contributed by atoms with E-state index in [0.29, 0.717) is 22.6 Å². The Hall–Kier alpha value is -1.71. The molecule has 0 fully saturated rings. The standard InChI is InChI=1S/C19H22ClNO2/c1-22-18-11-13(10-16(20)19(18)23-2)12-21-17-9-5-7-14-6-3-4-8-15(14)17/h3-4,6,8,10-11,17,21H,5,7,9,12H2,1-2H3. The van der Waals surface area contributed by atoms with E-state index in [1.165, 1.54) is 24.0 Å². The van der Waals surface area contributed by atoms with Crippen molar-refractivity contribution < 1.29 is 9.47 Å². The van der Waals surface area contributed by atoms with Crippen LogP contribution in [0.25, 0.3) is 0 Å². The van der Waals surface area contributed by atoms with Gasteiger partial charge < -0.3 is 14.8 Å². The van der Waals surface area contributed by atoms with Gasteiger partial charge in [-0.1, -0.05) is 35.9 Å². The first-order valence-electron chi connectivity index (χ1n) is 7.94. The maximum absolute atomic E-state index is 6.28. The monoisotopic (exact) mass is 331 g/mol. The highest BCUT2D eigenvalue weighted by Gasteiger charge is 2.19. The number of methoxy groups -OCH3 is 2. The van der Waals surface area contributed by atoms with Crippen molar-refractivity contribution in [3.05, 3.63) is 58.1 Å². The van der Waals surface area contributed by atoms with E-state index in [1.807, 2.05) is 12.1 Å². The highest BCUT2D eigenvalue weighted by Crippen LogP contribution is 2.36. The largest absolute Gasteiger partial charge is 0.493 e. The van der Waals surface area contributed by atoms with Crippen molar-refractivity contribution in [2.75, 3.05) is 14.2 Å². The van der Waals surface area contributed by atoms with Gasteiger partial charge in [-0.3, -0.25) is 0 Å². The van der Waals surface area contributed by atoms with Crippen LogP contribution in [0, 0.1) is 0 Å². The van der Waals surface area contributed by atoms with E-state index in [2.05, 4.69) is 29.6 Å². The maximum Gasteiger partial charge on any atom is 0.179 e. The third kappa shape index (κ3) is 3.46. The minimum absolute atomic E-state index is 0.395. The minimum atomic E-state index is 0.395. The molecule has 2 aromatic carbocycles. The number of halogens is 1. The second-order valence-electron chi connectivity index (χ2n) is 5.84. The molecule has 3 nitrogen and oxygen atoms in total. The fourth-order valence-corrected chi connectivity index (χ4v) is 3.59. The molecule has 1 unspecified atom stereocenters. The summed E-state index contributed by atoms with van der Waals surface area (Å²) in [6.07, 6.45) is 3.57. The number of benzene rings is 2. The molecule has 1 N–H and O–H groups in total. The summed E-state index contributed by atoms with van der Waals surface area (Å²) in [6, 6.07) is 13.0. The molecule has 0 radical (unpaired) electrons. The summed E-state index contributed by atoms with van der Waals surface area (Å²) in [5.74, 6) is 1.25. The molecule has 0 aliphatic heterocycles. The first kappa shape index (κ1) is 16.2. The minimum Gasteiger partial charge on any atom is -0.493 e. The van der Waals surface area contributed by atoms with E-state index in [9.17, 15) is 0 Å². The summed E-state index contributed by atoms with van der Waals surface area (Å²) in [5.41, 5.74) is 3.97. The zero-order valence-electron chi connectivity index (χ0n) is 13.6. The number of nitrogens with one attached hydrogen (secondary N) is 1. The summed E-state index contributed by atoms with van der Waals surface area (Å²) in [5, 5.41) is 4.23. The van der Waals surface area contributed by atoms with Gasteiger partial charge in [0.2, 0.25) is 0 Å². The summed E-state index contributed by atoms with van der Waals surface area (Å²) in [7, 11) is 3.23. The van der Waals surface area contributed by atoms with Crippen molar-refractivity contribution in [1.82, 2.24) is 5.32 Å². The van der Waals surface area contributed by atoms with Crippen molar-refractivity contribution in [2.45, 2.75) is 31.8 Å². The first-order valence-corrected chi connectivity index (χ1v) is 8.32. The molecule has 4 heteroatoms. The average molecular weight is 332 g/mol. The summed E-state index contributed by atoms with van der Waals surface area (Å²) >= 11 is 6.28. The van der Waals surface area contributed by atoms with Gasteiger partial charge in [0.15, 0.2) is 11.5 Å². The van der Waals surface area contributed by atoms with E-state index in [4.69, 9.17) is 21.1 Å². The normalized spacial score (nSPS) is 16.7. The fourth-order valence-electron chi connectivity index (χ4n) is 3.28. The third-order valence-electron chi connectivity index (χ3n) is 4.42. The molecule has 1 aliphatic rings. The lowest BCUT2D eigenvalue weighted by Gasteiger charge is -2.26. The van der Waals surface area contributed by atoms with Crippen LogP contribution < -0.4 is 14.8 Å². The topological polar surface area (TPSA) is 30.5 Å². The van der Waals surface area contributed by atoms with Crippen LogP contribution in [0.5, 0.6) is 11.5 Å². The van der Waals surface area contributed by atoms with Crippen molar-refractivity contribution in [1.29, 1.82) is 0 Å². The summed E-state index contributed by atoms with van der Waals surface area (Å²) in [4.78, 5) is 0. The summed E-state index contributed by atoms with van der Waals surface area (Å²) in [6.45, 7) is 0.749. The van der Waals surface area contributed by atoms with Crippen LogP contribution in [0.2, 0.25) is 5.02 Å². The van der Waals surface area contributed by atoms with Gasteiger partial charge in [0.25, 0.3) is 0 Å². The van der Waals surface area contributed by atoms with E-state index in [1.54, 1.807) is 14.2 Å². The second-order valence-corrected chi connectivity index (χ2v) is 6.24. The Morgan fingerprint density at radius 3 is 2.78 bits per heavy atom. The lowest BCUT2D eigenvalue weighted by Crippen LogP contribution is -2.24. The lowest BCUT2D eigenvalue weighted by atomic mass is 9.87. The second kappa shape index (κ2) is 7.24. The maximum atomic E-state index is 6.28. The molecular weight excluding hydrogens is 310 g/mol. The van der Waals surface area contributed by atoms with E-state index < -0.39 is 0 Å². The molecule has 3 rings (SSSR count). The average Bonchev–Trinajstić information content (AvgIpc) is 2.59. The molecular formula is C19H22ClNO2. The summed E-state index contributed by atoms with van der Waals surface area (Å²) < 4.78 is 10.7. The molecule has 122 valence electrons. The zero-order valence-corrected chi connectivity index (χ0v) is 14.3. The van der Waals surface area contributed by atoms with Crippen molar-refractivity contribution >= 4 is 11.6 Å². The molecule has 0 spiro atoms. The third-order valence-corrected chi connectivity index (χ3v) is 4.70. The molecule has 0 bridgehead atoms. The Kier molecular flexibility index (Phi) is 5.09. The molecule has 0 saturated carbocycles. The van der Waals surface area contributed by atoms with Crippen LogP contribution in [-0.2, 0) is 13.0 Å². The van der Waals surface area contributed by atoms with Gasteiger partial charge >= 0.3 is 0 Å². The number of aryl methyl sites for hydroxylation is 1. The number of rotatable bonds is 5. The Morgan fingerprint density at radius 2 is 2.00 bits per heavy atom. The smallest absolute Gasteiger partial charge is 0.179 e. The Labute approximate surface area is 142 Å². The zero-order chi connectivity index (χ0) is 16.2. The lowest BCUT2D eigenvalue weighted by molar-refractivity contribution is 0.354. The predicted molar refractivity (Wildman–Crippen MR) is 93.5 cm³/mol. The van der Waals surface area contributed by atoms with Crippen LogP contribution in [-0.4, -0.2) is 14.2 Å². The predicted octanol–water partition coefficient (Wildman–Crippen LogP) is 4.52.